The highest BCUT2D eigenvalue weighted by atomic mass is 16.3. The number of hydrogen-bond donors (Lipinski definition) is 2. The highest BCUT2D eigenvalue weighted by Gasteiger charge is 2.22. The fraction of sp³-hybridized carbons (Fsp3) is 0.625. The van der Waals surface area contributed by atoms with Gasteiger partial charge in [-0.05, 0) is 43.4 Å². The first-order chi connectivity index (χ1) is 8.45. The molecule has 0 radical (unpaired) electrons. The molecule has 0 saturated heterocycles. The van der Waals surface area contributed by atoms with Gasteiger partial charge >= 0.3 is 0 Å². The highest BCUT2D eigenvalue weighted by molar-refractivity contribution is 5.27. The Hall–Kier alpha value is -0.860. The van der Waals surface area contributed by atoms with Crippen LogP contribution in [0.2, 0.25) is 0 Å². The summed E-state index contributed by atoms with van der Waals surface area (Å²) >= 11 is 0. The predicted octanol–water partition coefficient (Wildman–Crippen LogP) is 3.09. The summed E-state index contributed by atoms with van der Waals surface area (Å²) < 4.78 is 0. The average molecular weight is 249 g/mol. The van der Waals surface area contributed by atoms with Crippen LogP contribution in [0, 0.1) is 5.92 Å². The fourth-order valence-corrected chi connectivity index (χ4v) is 2.08. The Balaban J connectivity index is 2.65. The minimum atomic E-state index is -0.786. The maximum absolute atomic E-state index is 10.4. The normalized spacial score (nSPS) is 14.8. The molecule has 0 spiro atoms. The first-order valence-corrected chi connectivity index (χ1v) is 6.98. The summed E-state index contributed by atoms with van der Waals surface area (Å²) in [6, 6.07) is 8.35. The van der Waals surface area contributed by atoms with Crippen LogP contribution < -0.4 is 5.32 Å². The molecular weight excluding hydrogens is 222 g/mol. The third-order valence-electron chi connectivity index (χ3n) is 3.12. The van der Waals surface area contributed by atoms with Crippen LogP contribution in [0.5, 0.6) is 0 Å². The van der Waals surface area contributed by atoms with Crippen molar-refractivity contribution < 1.29 is 5.11 Å². The Morgan fingerprint density at radius 2 is 1.83 bits per heavy atom. The fourth-order valence-electron chi connectivity index (χ4n) is 2.08. The van der Waals surface area contributed by atoms with E-state index in [0.29, 0.717) is 12.5 Å². The maximum Gasteiger partial charge on any atom is 0.0992 e. The molecule has 0 heterocycles. The molecule has 18 heavy (non-hydrogen) atoms. The van der Waals surface area contributed by atoms with Crippen LogP contribution in [0.25, 0.3) is 0 Å². The molecule has 0 amide bonds. The van der Waals surface area contributed by atoms with Crippen molar-refractivity contribution in [1.82, 2.24) is 5.32 Å². The lowest BCUT2D eigenvalue weighted by molar-refractivity contribution is 0.0572. The van der Waals surface area contributed by atoms with E-state index in [-0.39, 0.29) is 0 Å². The van der Waals surface area contributed by atoms with Gasteiger partial charge in [0.25, 0.3) is 0 Å². The van der Waals surface area contributed by atoms with E-state index < -0.39 is 5.60 Å². The van der Waals surface area contributed by atoms with Crippen LogP contribution in [0.4, 0.5) is 0 Å². The summed E-state index contributed by atoms with van der Waals surface area (Å²) in [7, 11) is 0. The van der Waals surface area contributed by atoms with Gasteiger partial charge in [-0.15, -0.1) is 0 Å². The Kier molecular flexibility index (Phi) is 5.83. The SMILES string of the molecule is CCCNCC(C)(O)c1ccc(CC(C)C)cc1. The number of hydrogen-bond acceptors (Lipinski definition) is 2. The zero-order valence-corrected chi connectivity index (χ0v) is 12.2. The van der Waals surface area contributed by atoms with Gasteiger partial charge in [-0.3, -0.25) is 0 Å². The molecule has 0 aliphatic carbocycles. The summed E-state index contributed by atoms with van der Waals surface area (Å²) in [6.07, 6.45) is 2.18. The van der Waals surface area contributed by atoms with Crippen LogP contribution in [-0.4, -0.2) is 18.2 Å². The number of rotatable bonds is 7. The van der Waals surface area contributed by atoms with E-state index in [1.54, 1.807) is 0 Å². The largest absolute Gasteiger partial charge is 0.384 e. The van der Waals surface area contributed by atoms with E-state index in [9.17, 15) is 5.11 Å². The summed E-state index contributed by atoms with van der Waals surface area (Å²) in [4.78, 5) is 0. The predicted molar refractivity (Wildman–Crippen MR) is 77.7 cm³/mol. The molecule has 0 aliphatic heterocycles. The summed E-state index contributed by atoms with van der Waals surface area (Å²) in [5, 5.41) is 13.7. The summed E-state index contributed by atoms with van der Waals surface area (Å²) in [5.74, 6) is 0.669. The van der Waals surface area contributed by atoms with Crippen LogP contribution in [0.1, 0.15) is 45.2 Å². The highest BCUT2D eigenvalue weighted by Crippen LogP contribution is 2.21. The molecule has 0 fully saturated rings. The van der Waals surface area contributed by atoms with Gasteiger partial charge in [0.1, 0.15) is 0 Å². The lowest BCUT2D eigenvalue weighted by atomic mass is 9.93. The van der Waals surface area contributed by atoms with Crippen molar-refractivity contribution in [3.63, 3.8) is 0 Å². The van der Waals surface area contributed by atoms with E-state index >= 15 is 0 Å². The zero-order chi connectivity index (χ0) is 13.6. The van der Waals surface area contributed by atoms with E-state index in [2.05, 4.69) is 38.2 Å². The molecule has 2 nitrogen and oxygen atoms in total. The second-order valence-corrected chi connectivity index (χ2v) is 5.75. The molecule has 1 aromatic carbocycles. The third-order valence-corrected chi connectivity index (χ3v) is 3.12. The van der Waals surface area contributed by atoms with Gasteiger partial charge < -0.3 is 10.4 Å². The number of benzene rings is 1. The Bertz CT molecular complexity index is 341. The van der Waals surface area contributed by atoms with Crippen LogP contribution >= 0.6 is 0 Å². The van der Waals surface area contributed by atoms with E-state index in [1.165, 1.54) is 5.56 Å². The zero-order valence-electron chi connectivity index (χ0n) is 12.2. The van der Waals surface area contributed by atoms with Crippen LogP contribution in [0.3, 0.4) is 0 Å². The molecule has 2 heteroatoms. The van der Waals surface area contributed by atoms with Gasteiger partial charge in [-0.25, -0.2) is 0 Å². The smallest absolute Gasteiger partial charge is 0.0992 e. The summed E-state index contributed by atoms with van der Waals surface area (Å²) in [6.45, 7) is 9.99. The molecule has 1 unspecified atom stereocenters. The molecule has 1 rings (SSSR count). The number of nitrogens with one attached hydrogen (secondary N) is 1. The maximum atomic E-state index is 10.4. The summed E-state index contributed by atoms with van der Waals surface area (Å²) in [5.41, 5.74) is 1.54. The third kappa shape index (κ3) is 4.79. The van der Waals surface area contributed by atoms with Crippen molar-refractivity contribution in [3.05, 3.63) is 35.4 Å². The van der Waals surface area contributed by atoms with Crippen LogP contribution in [0.15, 0.2) is 24.3 Å². The molecular formula is C16H27NO. The van der Waals surface area contributed by atoms with Gasteiger partial charge in [-0.2, -0.15) is 0 Å². The van der Waals surface area contributed by atoms with Crippen molar-refractivity contribution >= 4 is 0 Å². The molecule has 2 N–H and O–H groups in total. The molecule has 0 aromatic heterocycles. The average Bonchev–Trinajstić information content (AvgIpc) is 2.29. The van der Waals surface area contributed by atoms with Gasteiger partial charge in [0.05, 0.1) is 5.60 Å². The molecule has 102 valence electrons. The molecule has 1 atom stereocenters. The quantitative estimate of drug-likeness (QED) is 0.728. The molecule has 0 bridgehead atoms. The second kappa shape index (κ2) is 6.91. The first-order valence-electron chi connectivity index (χ1n) is 6.98. The van der Waals surface area contributed by atoms with Gasteiger partial charge in [0.2, 0.25) is 0 Å². The van der Waals surface area contributed by atoms with Crippen molar-refractivity contribution in [2.45, 2.75) is 46.1 Å². The standard InChI is InChI=1S/C16H27NO/c1-5-10-17-12-16(4,18)15-8-6-14(7-9-15)11-13(2)3/h6-9,13,17-18H,5,10-12H2,1-4H3. The molecule has 0 saturated carbocycles. The minimum Gasteiger partial charge on any atom is -0.384 e. The first kappa shape index (κ1) is 15.2. The van der Waals surface area contributed by atoms with Gasteiger partial charge in [0.15, 0.2) is 0 Å². The van der Waals surface area contributed by atoms with Crippen molar-refractivity contribution in [2.75, 3.05) is 13.1 Å². The molecule has 0 aliphatic rings. The number of aliphatic hydroxyl groups is 1. The van der Waals surface area contributed by atoms with Gasteiger partial charge in [-0.1, -0.05) is 45.0 Å². The Morgan fingerprint density at radius 1 is 1.22 bits per heavy atom. The Labute approximate surface area is 111 Å². The van der Waals surface area contributed by atoms with E-state index in [4.69, 9.17) is 0 Å². The van der Waals surface area contributed by atoms with Crippen molar-refractivity contribution in [1.29, 1.82) is 0 Å². The van der Waals surface area contributed by atoms with Crippen molar-refractivity contribution in [2.24, 2.45) is 5.92 Å². The van der Waals surface area contributed by atoms with E-state index in [1.807, 2.05) is 19.1 Å². The van der Waals surface area contributed by atoms with Crippen molar-refractivity contribution in [3.8, 4) is 0 Å². The van der Waals surface area contributed by atoms with Crippen LogP contribution in [-0.2, 0) is 12.0 Å². The second-order valence-electron chi connectivity index (χ2n) is 5.75. The lowest BCUT2D eigenvalue weighted by Crippen LogP contribution is -2.35. The minimum absolute atomic E-state index is 0.602. The Morgan fingerprint density at radius 3 is 2.33 bits per heavy atom. The molecule has 1 aromatic rings. The lowest BCUT2D eigenvalue weighted by Gasteiger charge is -2.24. The topological polar surface area (TPSA) is 32.3 Å². The monoisotopic (exact) mass is 249 g/mol. The van der Waals surface area contributed by atoms with Gasteiger partial charge in [0, 0.05) is 6.54 Å². The van der Waals surface area contributed by atoms with E-state index in [0.717, 1.165) is 24.9 Å².